The molecule has 0 unspecified atom stereocenters. The van der Waals surface area contributed by atoms with Gasteiger partial charge in [0.25, 0.3) is 0 Å². The van der Waals surface area contributed by atoms with Gasteiger partial charge in [0.15, 0.2) is 0 Å². The Morgan fingerprint density at radius 2 is 0.682 bits per heavy atom. The minimum Gasteiger partial charge on any atom is -0.310 e. The predicted octanol–water partition coefficient (Wildman–Crippen LogP) is 17.7. The summed E-state index contributed by atoms with van der Waals surface area (Å²) < 4.78 is 2.44. The van der Waals surface area contributed by atoms with E-state index in [0.717, 1.165) is 22.7 Å². The van der Waals surface area contributed by atoms with E-state index >= 15 is 0 Å². The van der Waals surface area contributed by atoms with E-state index in [9.17, 15) is 0 Å². The van der Waals surface area contributed by atoms with Gasteiger partial charge in [0.05, 0.1) is 16.7 Å². The van der Waals surface area contributed by atoms with Gasteiger partial charge in [0.2, 0.25) is 0 Å². The third kappa shape index (κ3) is 7.12. The first kappa shape index (κ1) is 38.9. The molecule has 0 bridgehead atoms. The molecule has 2 nitrogen and oxygen atoms in total. The molecule has 0 aliphatic rings. The van der Waals surface area contributed by atoms with Crippen molar-refractivity contribution in [3.8, 4) is 61.3 Å². The van der Waals surface area contributed by atoms with Gasteiger partial charge in [-0.3, -0.25) is 0 Å². The molecule has 1 heterocycles. The number of nitrogens with zero attached hydrogens (tertiary/aromatic N) is 2. The largest absolute Gasteiger partial charge is 0.310 e. The molecular weight excluding hydrogens is 797 g/mol. The van der Waals surface area contributed by atoms with Crippen LogP contribution in [0.3, 0.4) is 0 Å². The lowest BCUT2D eigenvalue weighted by atomic mass is 9.98. The van der Waals surface area contributed by atoms with Gasteiger partial charge in [0, 0.05) is 33.4 Å². The van der Waals surface area contributed by atoms with Gasteiger partial charge in [-0.25, -0.2) is 0 Å². The van der Waals surface area contributed by atoms with Crippen LogP contribution in [0.4, 0.5) is 17.1 Å². The Hall–Kier alpha value is -8.72. The second-order valence-electron chi connectivity index (χ2n) is 16.9. The van der Waals surface area contributed by atoms with Crippen LogP contribution in [0.5, 0.6) is 0 Å². The van der Waals surface area contributed by atoms with E-state index in [2.05, 4.69) is 276 Å². The number of fused-ring (bicyclic) bond motifs is 4. The van der Waals surface area contributed by atoms with Crippen molar-refractivity contribution in [1.29, 1.82) is 0 Å². The Labute approximate surface area is 385 Å². The number of hydrogen-bond donors (Lipinski definition) is 0. The summed E-state index contributed by atoms with van der Waals surface area (Å²) in [5, 5.41) is 4.96. The number of para-hydroxylation sites is 2. The van der Waals surface area contributed by atoms with Gasteiger partial charge in [0.1, 0.15) is 0 Å². The van der Waals surface area contributed by atoms with Crippen molar-refractivity contribution in [2.75, 3.05) is 4.90 Å². The Morgan fingerprint density at radius 3 is 1.32 bits per heavy atom. The molecule has 0 amide bonds. The quantitative estimate of drug-likeness (QED) is 0.141. The summed E-state index contributed by atoms with van der Waals surface area (Å²) in [6, 6.07) is 96.7. The van der Waals surface area contributed by atoms with E-state index in [0.29, 0.717) is 0 Å². The van der Waals surface area contributed by atoms with E-state index < -0.39 is 0 Å². The van der Waals surface area contributed by atoms with E-state index in [-0.39, 0.29) is 0 Å². The van der Waals surface area contributed by atoms with Crippen LogP contribution in [0.25, 0.3) is 93.9 Å². The highest BCUT2D eigenvalue weighted by Crippen LogP contribution is 2.42. The summed E-state index contributed by atoms with van der Waals surface area (Å²) in [5.41, 5.74) is 18.9. The Kier molecular flexibility index (Phi) is 9.89. The monoisotopic (exact) mass is 840 g/mol. The maximum atomic E-state index is 2.44. The highest BCUT2D eigenvalue weighted by molar-refractivity contribution is 6.16. The fourth-order valence-electron chi connectivity index (χ4n) is 9.75. The zero-order chi connectivity index (χ0) is 43.8. The zero-order valence-corrected chi connectivity index (χ0v) is 36.3. The van der Waals surface area contributed by atoms with Gasteiger partial charge in [-0.05, 0) is 115 Å². The van der Waals surface area contributed by atoms with Gasteiger partial charge in [-0.15, -0.1) is 0 Å². The Balaban J connectivity index is 0.869. The molecule has 0 atom stereocenters. The SMILES string of the molecule is c1ccc(-c2ccc(-c3ccc(N(c4ccc(-c5ccc(-c6ccccc6-n6c7ccccc7c7c(-c8ccccc8)cccc76)cc5)cc4)c4ccc5ccccc5c4)cc3)cc2)cc1. The number of anilines is 3. The van der Waals surface area contributed by atoms with Gasteiger partial charge < -0.3 is 9.47 Å². The summed E-state index contributed by atoms with van der Waals surface area (Å²) in [6.45, 7) is 0. The number of aromatic nitrogens is 1. The molecule has 12 rings (SSSR count). The Bertz CT molecular complexity index is 3640. The van der Waals surface area contributed by atoms with Crippen LogP contribution in [-0.4, -0.2) is 4.57 Å². The lowest BCUT2D eigenvalue weighted by Crippen LogP contribution is -2.09. The van der Waals surface area contributed by atoms with Gasteiger partial charge >= 0.3 is 0 Å². The molecule has 0 saturated carbocycles. The standard InChI is InChI=1S/C64H44N2/c1-3-14-45(15-4-1)47-26-28-48(29-27-47)50-34-39-55(40-35-50)65(57-43-38-46-16-7-8-19-54(46)44-57)56-41-36-51(37-42-56)49-30-32-53(33-31-49)58-20-9-11-23-61(58)66-62-24-12-10-21-60(62)64-59(22-13-25-63(64)66)52-17-5-2-6-18-52/h1-44H. The van der Waals surface area contributed by atoms with E-state index in [1.165, 1.54) is 88.2 Å². The van der Waals surface area contributed by atoms with Crippen molar-refractivity contribution in [3.63, 3.8) is 0 Å². The van der Waals surface area contributed by atoms with E-state index in [4.69, 9.17) is 0 Å². The summed E-state index contributed by atoms with van der Waals surface area (Å²) in [5.74, 6) is 0. The predicted molar refractivity (Wildman–Crippen MR) is 280 cm³/mol. The molecule has 66 heavy (non-hydrogen) atoms. The second kappa shape index (κ2) is 16.8. The van der Waals surface area contributed by atoms with E-state index in [1.54, 1.807) is 0 Å². The average Bonchev–Trinajstić information content (AvgIpc) is 3.74. The van der Waals surface area contributed by atoms with Crippen LogP contribution in [-0.2, 0) is 0 Å². The summed E-state index contributed by atoms with van der Waals surface area (Å²) >= 11 is 0. The molecular formula is C64H44N2. The molecule has 1 aromatic heterocycles. The lowest BCUT2D eigenvalue weighted by Gasteiger charge is -2.26. The fraction of sp³-hybridized carbons (Fsp3) is 0. The summed E-state index contributed by atoms with van der Waals surface area (Å²) in [4.78, 5) is 2.36. The van der Waals surface area contributed by atoms with Gasteiger partial charge in [-0.1, -0.05) is 212 Å². The molecule has 0 aliphatic heterocycles. The molecule has 0 N–H and O–H groups in total. The molecule has 0 fully saturated rings. The average molecular weight is 841 g/mol. The van der Waals surface area contributed by atoms with Crippen LogP contribution < -0.4 is 4.90 Å². The topological polar surface area (TPSA) is 8.17 Å². The smallest absolute Gasteiger partial charge is 0.0547 e. The molecule has 0 saturated heterocycles. The lowest BCUT2D eigenvalue weighted by molar-refractivity contribution is 1.18. The van der Waals surface area contributed by atoms with Crippen molar-refractivity contribution >= 4 is 49.6 Å². The first-order valence-corrected chi connectivity index (χ1v) is 22.7. The minimum absolute atomic E-state index is 1.10. The number of rotatable bonds is 9. The van der Waals surface area contributed by atoms with E-state index in [1.807, 2.05) is 0 Å². The maximum Gasteiger partial charge on any atom is 0.0547 e. The van der Waals surface area contributed by atoms with Crippen molar-refractivity contribution in [1.82, 2.24) is 4.57 Å². The summed E-state index contributed by atoms with van der Waals surface area (Å²) in [6.07, 6.45) is 0. The molecule has 0 radical (unpaired) electrons. The highest BCUT2D eigenvalue weighted by Gasteiger charge is 2.19. The zero-order valence-electron chi connectivity index (χ0n) is 36.3. The highest BCUT2D eigenvalue weighted by atomic mass is 15.1. The van der Waals surface area contributed by atoms with Crippen LogP contribution in [0, 0.1) is 0 Å². The van der Waals surface area contributed by atoms with Crippen molar-refractivity contribution < 1.29 is 0 Å². The van der Waals surface area contributed by atoms with Crippen LogP contribution in [0.15, 0.2) is 267 Å². The molecule has 12 aromatic rings. The normalized spacial score (nSPS) is 11.3. The van der Waals surface area contributed by atoms with Crippen LogP contribution in [0.1, 0.15) is 0 Å². The van der Waals surface area contributed by atoms with Crippen molar-refractivity contribution in [3.05, 3.63) is 267 Å². The van der Waals surface area contributed by atoms with Gasteiger partial charge in [-0.2, -0.15) is 0 Å². The van der Waals surface area contributed by atoms with Crippen LogP contribution >= 0.6 is 0 Å². The van der Waals surface area contributed by atoms with Crippen LogP contribution in [0.2, 0.25) is 0 Å². The molecule has 0 spiro atoms. The van der Waals surface area contributed by atoms with Crippen molar-refractivity contribution in [2.45, 2.75) is 0 Å². The number of benzene rings is 11. The third-order valence-electron chi connectivity index (χ3n) is 13.0. The minimum atomic E-state index is 1.10. The molecule has 2 heteroatoms. The molecule has 11 aromatic carbocycles. The first-order valence-electron chi connectivity index (χ1n) is 22.7. The number of hydrogen-bond acceptors (Lipinski definition) is 1. The fourth-order valence-corrected chi connectivity index (χ4v) is 9.75. The molecule has 0 aliphatic carbocycles. The molecule has 310 valence electrons. The van der Waals surface area contributed by atoms with Crippen molar-refractivity contribution in [2.24, 2.45) is 0 Å². The Morgan fingerprint density at radius 1 is 0.258 bits per heavy atom. The summed E-state index contributed by atoms with van der Waals surface area (Å²) in [7, 11) is 0. The third-order valence-corrected chi connectivity index (χ3v) is 13.0. The maximum absolute atomic E-state index is 2.44. The second-order valence-corrected chi connectivity index (χ2v) is 16.9. The first-order chi connectivity index (χ1) is 32.7.